The lowest BCUT2D eigenvalue weighted by atomic mass is 10.4. The van der Waals surface area contributed by atoms with Gasteiger partial charge in [-0.3, -0.25) is 0 Å². The highest BCUT2D eigenvalue weighted by molar-refractivity contribution is 14.1. The first-order chi connectivity index (χ1) is 4.41. The lowest BCUT2D eigenvalue weighted by Gasteiger charge is -1.85. The van der Waals surface area contributed by atoms with E-state index in [1.165, 1.54) is 10.8 Å². The van der Waals surface area contributed by atoms with E-state index in [1.807, 2.05) is 6.92 Å². The molecule has 0 aromatic rings. The van der Waals surface area contributed by atoms with Gasteiger partial charge in [-0.1, -0.05) is 28.5 Å². The number of unbranched alkanes of at least 4 members (excludes halogenated alkanes) is 1. The summed E-state index contributed by atoms with van der Waals surface area (Å²) in [7, 11) is 0. The van der Waals surface area contributed by atoms with Crippen LogP contribution in [0.1, 0.15) is 19.8 Å². The van der Waals surface area contributed by atoms with E-state index < -0.39 is 0 Å². The van der Waals surface area contributed by atoms with Crippen molar-refractivity contribution in [3.05, 3.63) is 0 Å². The van der Waals surface area contributed by atoms with E-state index in [0.29, 0.717) is 6.61 Å². The Hall–Kier alpha value is 0.0900. The fourth-order valence-corrected chi connectivity index (χ4v) is 0.711. The smallest absolute Gasteiger partial charge is 0.110 e. The third-order valence-electron chi connectivity index (χ3n) is 0.724. The van der Waals surface area contributed by atoms with Crippen molar-refractivity contribution in [2.24, 2.45) is 0 Å². The van der Waals surface area contributed by atoms with E-state index in [2.05, 4.69) is 34.6 Å². The molecule has 2 heteroatoms. The molecular weight excluding hydrogens is 227 g/mol. The number of hydrogen-bond donors (Lipinski definition) is 0. The molecule has 0 aromatic heterocycles. The summed E-state index contributed by atoms with van der Waals surface area (Å²) in [6.07, 6.45) is 4.75. The van der Waals surface area contributed by atoms with Crippen molar-refractivity contribution >= 4 is 22.6 Å². The number of halogens is 1. The van der Waals surface area contributed by atoms with Crippen LogP contribution >= 0.6 is 22.6 Å². The molecule has 9 heavy (non-hydrogen) atoms. The van der Waals surface area contributed by atoms with E-state index >= 15 is 0 Å². The van der Waals surface area contributed by atoms with Gasteiger partial charge in [-0.2, -0.15) is 0 Å². The minimum Gasteiger partial charge on any atom is -0.447 e. The summed E-state index contributed by atoms with van der Waals surface area (Å²) in [5.41, 5.74) is 0. The van der Waals surface area contributed by atoms with Crippen LogP contribution in [0.15, 0.2) is 0 Å². The molecule has 0 amide bonds. The quantitative estimate of drug-likeness (QED) is 0.317. The van der Waals surface area contributed by atoms with Crippen LogP contribution < -0.4 is 0 Å². The van der Waals surface area contributed by atoms with Gasteiger partial charge in [0.05, 0.1) is 6.61 Å². The molecule has 0 spiro atoms. The van der Waals surface area contributed by atoms with Gasteiger partial charge in [-0.25, -0.2) is 0 Å². The minimum atomic E-state index is 0.692. The Morgan fingerprint density at radius 3 is 2.89 bits per heavy atom. The molecular formula is C7H11IO. The van der Waals surface area contributed by atoms with Gasteiger partial charge in [0.25, 0.3) is 0 Å². The van der Waals surface area contributed by atoms with Crippen molar-refractivity contribution < 1.29 is 4.74 Å². The van der Waals surface area contributed by atoms with Crippen LogP contribution in [0.5, 0.6) is 0 Å². The van der Waals surface area contributed by atoms with E-state index in [0.717, 1.165) is 6.42 Å². The maximum Gasteiger partial charge on any atom is 0.110 e. The summed E-state index contributed by atoms with van der Waals surface area (Å²) in [4.78, 5) is 0. The fraction of sp³-hybridized carbons (Fsp3) is 0.714. The minimum absolute atomic E-state index is 0.692. The van der Waals surface area contributed by atoms with Gasteiger partial charge in [0.2, 0.25) is 0 Å². The zero-order valence-corrected chi connectivity index (χ0v) is 7.77. The Balaban J connectivity index is 2.96. The number of alkyl halides is 1. The van der Waals surface area contributed by atoms with Crippen LogP contribution in [0.2, 0.25) is 0 Å². The van der Waals surface area contributed by atoms with Crippen LogP contribution in [0, 0.1) is 12.0 Å². The second-order valence-corrected chi connectivity index (χ2v) is 2.58. The first-order valence-electron chi connectivity index (χ1n) is 3.07. The lowest BCUT2D eigenvalue weighted by Crippen LogP contribution is -1.77. The van der Waals surface area contributed by atoms with E-state index in [9.17, 15) is 0 Å². The molecule has 0 radical (unpaired) electrons. The molecule has 0 unspecified atom stereocenters. The zero-order valence-electron chi connectivity index (χ0n) is 5.61. The maximum atomic E-state index is 4.82. The highest BCUT2D eigenvalue weighted by Gasteiger charge is 1.76. The summed E-state index contributed by atoms with van der Waals surface area (Å²) in [6.45, 7) is 2.63. The Morgan fingerprint density at radius 2 is 2.33 bits per heavy atom. The number of hydrogen-bond acceptors (Lipinski definition) is 1. The van der Waals surface area contributed by atoms with Crippen LogP contribution in [-0.2, 0) is 4.74 Å². The molecule has 0 aliphatic rings. The van der Waals surface area contributed by atoms with Crippen molar-refractivity contribution in [3.63, 3.8) is 0 Å². The largest absolute Gasteiger partial charge is 0.447 e. The highest BCUT2D eigenvalue weighted by Crippen LogP contribution is 1.91. The standard InChI is InChI=1S/C7H11IO/c1-2-9-7-5-3-4-6-8/h2-4,6H2,1H3. The SMILES string of the molecule is CCOC#CCCCI. The van der Waals surface area contributed by atoms with E-state index in [1.54, 1.807) is 0 Å². The monoisotopic (exact) mass is 238 g/mol. The molecule has 1 nitrogen and oxygen atoms in total. The van der Waals surface area contributed by atoms with E-state index in [-0.39, 0.29) is 0 Å². The van der Waals surface area contributed by atoms with Crippen molar-refractivity contribution in [1.82, 2.24) is 0 Å². The average Bonchev–Trinajstić information content (AvgIpc) is 1.89. The normalized spacial score (nSPS) is 7.78. The maximum absolute atomic E-state index is 4.82. The first-order valence-corrected chi connectivity index (χ1v) is 4.60. The Bertz CT molecular complexity index is 101. The van der Waals surface area contributed by atoms with Gasteiger partial charge in [-0.05, 0) is 13.3 Å². The van der Waals surface area contributed by atoms with Gasteiger partial charge in [-0.15, -0.1) is 0 Å². The summed E-state index contributed by atoms with van der Waals surface area (Å²) in [6, 6.07) is 0. The van der Waals surface area contributed by atoms with Gasteiger partial charge in [0.1, 0.15) is 6.11 Å². The van der Waals surface area contributed by atoms with Gasteiger partial charge in [0, 0.05) is 10.8 Å². The van der Waals surface area contributed by atoms with Gasteiger partial charge >= 0.3 is 0 Å². The fourth-order valence-electron chi connectivity index (χ4n) is 0.329. The van der Waals surface area contributed by atoms with Crippen molar-refractivity contribution in [2.45, 2.75) is 19.8 Å². The molecule has 0 aromatic carbocycles. The molecule has 0 aliphatic heterocycles. The van der Waals surface area contributed by atoms with Crippen LogP contribution in [0.25, 0.3) is 0 Å². The van der Waals surface area contributed by atoms with Crippen LogP contribution in [0.4, 0.5) is 0 Å². The first kappa shape index (κ1) is 9.09. The summed E-state index contributed by atoms with van der Waals surface area (Å²) < 4.78 is 6.00. The molecule has 0 saturated heterocycles. The van der Waals surface area contributed by atoms with Crippen LogP contribution in [0.3, 0.4) is 0 Å². The molecule has 0 N–H and O–H groups in total. The molecule has 0 rings (SSSR count). The van der Waals surface area contributed by atoms with Crippen molar-refractivity contribution in [2.75, 3.05) is 11.0 Å². The second kappa shape index (κ2) is 8.09. The Morgan fingerprint density at radius 1 is 1.56 bits per heavy atom. The molecule has 0 aliphatic carbocycles. The predicted molar refractivity (Wildman–Crippen MR) is 47.5 cm³/mol. The lowest BCUT2D eigenvalue weighted by molar-refractivity contribution is 0.298. The topological polar surface area (TPSA) is 9.23 Å². The highest BCUT2D eigenvalue weighted by atomic mass is 127. The van der Waals surface area contributed by atoms with Gasteiger partial charge in [0.15, 0.2) is 0 Å². The molecule has 52 valence electrons. The summed E-state index contributed by atoms with van der Waals surface area (Å²) >= 11 is 2.34. The third-order valence-corrected chi connectivity index (χ3v) is 1.49. The Kier molecular flexibility index (Phi) is 8.17. The summed E-state index contributed by atoms with van der Waals surface area (Å²) in [5, 5.41) is 0. The van der Waals surface area contributed by atoms with Crippen molar-refractivity contribution in [3.8, 4) is 12.0 Å². The Labute approximate surface area is 70.3 Å². The average molecular weight is 238 g/mol. The van der Waals surface area contributed by atoms with Crippen molar-refractivity contribution in [1.29, 1.82) is 0 Å². The van der Waals surface area contributed by atoms with Gasteiger partial charge < -0.3 is 4.74 Å². The number of rotatable bonds is 3. The van der Waals surface area contributed by atoms with Crippen LogP contribution in [-0.4, -0.2) is 11.0 Å². The zero-order chi connectivity index (χ0) is 6.95. The molecule has 0 fully saturated rings. The summed E-state index contributed by atoms with van der Waals surface area (Å²) in [5.74, 6) is 2.91. The third kappa shape index (κ3) is 8.09. The molecule has 0 atom stereocenters. The molecule has 0 heterocycles. The molecule has 0 bridgehead atoms. The number of ether oxygens (including phenoxy) is 1. The van der Waals surface area contributed by atoms with E-state index in [4.69, 9.17) is 4.74 Å². The second-order valence-electron chi connectivity index (χ2n) is 1.50. The predicted octanol–water partition coefficient (Wildman–Crippen LogP) is 2.20. The molecule has 0 saturated carbocycles.